The fourth-order valence-electron chi connectivity index (χ4n) is 3.24. The topological polar surface area (TPSA) is 64.2 Å². The van der Waals surface area contributed by atoms with Crippen LogP contribution < -0.4 is 0 Å². The maximum atomic E-state index is 13.7. The van der Waals surface area contributed by atoms with Crippen LogP contribution in [0.3, 0.4) is 0 Å². The van der Waals surface area contributed by atoms with Crippen LogP contribution in [0, 0.1) is 5.92 Å². The van der Waals surface area contributed by atoms with E-state index in [1.807, 2.05) is 6.92 Å². The first kappa shape index (κ1) is 19.9. The number of hydrogen-bond acceptors (Lipinski definition) is 5. The first-order chi connectivity index (χ1) is 13.3. The molecule has 148 valence electrons. The molecule has 2 aromatic rings. The Hall–Kier alpha value is -2.90. The summed E-state index contributed by atoms with van der Waals surface area (Å²) in [5, 5.41) is 8.09. The standard InChI is InChI=1S/C20H19F3N2O3/c1-3-10-28-19(26)16-12(2)24-25-18(15-9-6-11-27-15)17(16)13-7-4-5-8-14(13)20(21,22)23/h4-9,11,16-17H,3,10H2,1-2H3. The van der Waals surface area contributed by atoms with Crippen molar-refractivity contribution in [1.82, 2.24) is 0 Å². The lowest BCUT2D eigenvalue weighted by Gasteiger charge is -2.30. The lowest BCUT2D eigenvalue weighted by Crippen LogP contribution is -2.38. The molecule has 0 saturated heterocycles. The number of nitrogens with zero attached hydrogens (tertiary/aromatic N) is 2. The third kappa shape index (κ3) is 3.85. The van der Waals surface area contributed by atoms with Crippen molar-refractivity contribution < 1.29 is 27.1 Å². The summed E-state index contributed by atoms with van der Waals surface area (Å²) in [5.41, 5.74) is -0.454. The maximum Gasteiger partial charge on any atom is 0.416 e. The molecule has 0 aliphatic carbocycles. The molecule has 28 heavy (non-hydrogen) atoms. The van der Waals surface area contributed by atoms with Crippen LogP contribution >= 0.6 is 0 Å². The van der Waals surface area contributed by atoms with Crippen LogP contribution in [0.4, 0.5) is 13.2 Å². The molecule has 1 aromatic heterocycles. The van der Waals surface area contributed by atoms with Gasteiger partial charge in [-0.05, 0) is 37.1 Å². The van der Waals surface area contributed by atoms with Crippen LogP contribution in [0.5, 0.6) is 0 Å². The van der Waals surface area contributed by atoms with E-state index in [2.05, 4.69) is 10.2 Å². The van der Waals surface area contributed by atoms with Gasteiger partial charge in [-0.2, -0.15) is 23.4 Å². The van der Waals surface area contributed by atoms with Crippen LogP contribution in [0.2, 0.25) is 0 Å². The van der Waals surface area contributed by atoms with E-state index in [-0.39, 0.29) is 23.6 Å². The zero-order valence-electron chi connectivity index (χ0n) is 15.4. The Morgan fingerprint density at radius 1 is 1.18 bits per heavy atom. The Kier molecular flexibility index (Phi) is 5.67. The van der Waals surface area contributed by atoms with E-state index in [0.29, 0.717) is 12.1 Å². The Morgan fingerprint density at radius 2 is 1.93 bits per heavy atom. The van der Waals surface area contributed by atoms with Crippen molar-refractivity contribution in [1.29, 1.82) is 0 Å². The predicted octanol–water partition coefficient (Wildman–Crippen LogP) is 4.83. The molecule has 2 atom stereocenters. The van der Waals surface area contributed by atoms with E-state index in [4.69, 9.17) is 9.15 Å². The molecular weight excluding hydrogens is 373 g/mol. The Morgan fingerprint density at radius 3 is 2.57 bits per heavy atom. The van der Waals surface area contributed by atoms with Crippen LogP contribution in [0.15, 0.2) is 57.3 Å². The van der Waals surface area contributed by atoms with Gasteiger partial charge in [0.1, 0.15) is 11.6 Å². The van der Waals surface area contributed by atoms with Crippen molar-refractivity contribution >= 4 is 17.4 Å². The minimum Gasteiger partial charge on any atom is -0.465 e. The predicted molar refractivity (Wildman–Crippen MR) is 97.3 cm³/mol. The van der Waals surface area contributed by atoms with E-state index in [9.17, 15) is 18.0 Å². The number of benzene rings is 1. The van der Waals surface area contributed by atoms with Gasteiger partial charge in [-0.15, -0.1) is 0 Å². The van der Waals surface area contributed by atoms with Crippen LogP contribution in [-0.2, 0) is 15.7 Å². The highest BCUT2D eigenvalue weighted by molar-refractivity contribution is 6.14. The van der Waals surface area contributed by atoms with Crippen molar-refractivity contribution in [3.63, 3.8) is 0 Å². The van der Waals surface area contributed by atoms with Gasteiger partial charge >= 0.3 is 12.1 Å². The summed E-state index contributed by atoms with van der Waals surface area (Å²) in [6.45, 7) is 3.56. The smallest absolute Gasteiger partial charge is 0.416 e. The first-order valence-corrected chi connectivity index (χ1v) is 8.83. The third-order valence-electron chi connectivity index (χ3n) is 4.47. The van der Waals surface area contributed by atoms with Crippen LogP contribution in [0.1, 0.15) is 43.1 Å². The number of carbonyl (C=O) groups is 1. The van der Waals surface area contributed by atoms with Crippen molar-refractivity contribution in [2.75, 3.05) is 6.61 Å². The van der Waals surface area contributed by atoms with Crippen LogP contribution in [0.25, 0.3) is 0 Å². The van der Waals surface area contributed by atoms with Crippen molar-refractivity contribution in [2.24, 2.45) is 16.1 Å². The van der Waals surface area contributed by atoms with Crippen LogP contribution in [-0.4, -0.2) is 24.0 Å². The highest BCUT2D eigenvalue weighted by Crippen LogP contribution is 2.41. The SMILES string of the molecule is CCCOC(=O)C1C(C)=NN=C(c2ccco2)C1c1ccccc1C(F)(F)F. The average molecular weight is 392 g/mol. The number of hydrogen-bond donors (Lipinski definition) is 0. The van der Waals surface area contributed by atoms with Crippen molar-refractivity contribution in [2.45, 2.75) is 32.4 Å². The summed E-state index contributed by atoms with van der Waals surface area (Å²) < 4.78 is 51.7. The third-order valence-corrected chi connectivity index (χ3v) is 4.47. The number of esters is 1. The monoisotopic (exact) mass is 392 g/mol. The zero-order valence-corrected chi connectivity index (χ0v) is 15.4. The van der Waals surface area contributed by atoms with Gasteiger partial charge in [0.05, 0.1) is 30.1 Å². The molecule has 2 unspecified atom stereocenters. The summed E-state index contributed by atoms with van der Waals surface area (Å²) >= 11 is 0. The highest BCUT2D eigenvalue weighted by Gasteiger charge is 2.45. The number of ether oxygens (including phenoxy) is 1. The minimum absolute atomic E-state index is 0.0714. The summed E-state index contributed by atoms with van der Waals surface area (Å²) in [7, 11) is 0. The largest absolute Gasteiger partial charge is 0.465 e. The molecule has 0 fully saturated rings. The number of halogens is 3. The summed E-state index contributed by atoms with van der Waals surface area (Å²) in [5.74, 6) is -2.45. The molecule has 5 nitrogen and oxygen atoms in total. The summed E-state index contributed by atoms with van der Waals surface area (Å²) in [4.78, 5) is 12.8. The quantitative estimate of drug-likeness (QED) is 0.685. The zero-order chi connectivity index (χ0) is 20.3. The normalized spacial score (nSPS) is 19.8. The van der Waals surface area contributed by atoms with Gasteiger partial charge in [-0.3, -0.25) is 4.79 Å². The van der Waals surface area contributed by atoms with Gasteiger partial charge in [0.25, 0.3) is 0 Å². The van der Waals surface area contributed by atoms with Crippen molar-refractivity contribution in [3.8, 4) is 0 Å². The fourth-order valence-corrected chi connectivity index (χ4v) is 3.24. The van der Waals surface area contributed by atoms with E-state index in [1.165, 1.54) is 24.5 Å². The summed E-state index contributed by atoms with van der Waals surface area (Å²) in [6, 6.07) is 8.33. The second-order valence-corrected chi connectivity index (χ2v) is 6.41. The molecule has 0 amide bonds. The minimum atomic E-state index is -4.59. The van der Waals surface area contributed by atoms with Gasteiger partial charge in [0.15, 0.2) is 5.76 Å². The number of alkyl halides is 3. The fraction of sp³-hybridized carbons (Fsp3) is 0.350. The highest BCUT2D eigenvalue weighted by atomic mass is 19.4. The van der Waals surface area contributed by atoms with Gasteiger partial charge in [0.2, 0.25) is 0 Å². The van der Waals surface area contributed by atoms with E-state index >= 15 is 0 Å². The lowest BCUT2D eigenvalue weighted by atomic mass is 9.76. The first-order valence-electron chi connectivity index (χ1n) is 8.83. The molecule has 2 heterocycles. The second kappa shape index (κ2) is 8.00. The lowest BCUT2D eigenvalue weighted by molar-refractivity contribution is -0.147. The summed E-state index contributed by atoms with van der Waals surface area (Å²) in [6.07, 6.45) is -2.61. The Balaban J connectivity index is 2.17. The van der Waals surface area contributed by atoms with Crippen molar-refractivity contribution in [3.05, 3.63) is 59.5 Å². The molecule has 1 aliphatic heterocycles. The van der Waals surface area contributed by atoms with Gasteiger partial charge in [-0.25, -0.2) is 0 Å². The number of carbonyl (C=O) groups excluding carboxylic acids is 1. The maximum absolute atomic E-state index is 13.7. The van der Waals surface area contributed by atoms with Gasteiger partial charge in [0, 0.05) is 0 Å². The van der Waals surface area contributed by atoms with E-state index in [0.717, 1.165) is 6.07 Å². The van der Waals surface area contributed by atoms with Gasteiger partial charge < -0.3 is 9.15 Å². The molecule has 1 aromatic carbocycles. The molecular formula is C20H19F3N2O3. The molecule has 8 heteroatoms. The molecule has 3 rings (SSSR count). The second-order valence-electron chi connectivity index (χ2n) is 6.41. The molecule has 0 N–H and O–H groups in total. The Bertz CT molecular complexity index is 902. The van der Waals surface area contributed by atoms with Gasteiger partial charge in [-0.1, -0.05) is 25.1 Å². The van der Waals surface area contributed by atoms with E-state index < -0.39 is 29.5 Å². The molecule has 0 bridgehead atoms. The molecule has 0 saturated carbocycles. The number of rotatable bonds is 5. The average Bonchev–Trinajstić information content (AvgIpc) is 3.19. The molecule has 1 aliphatic rings. The van der Waals surface area contributed by atoms with E-state index in [1.54, 1.807) is 19.1 Å². The molecule has 0 radical (unpaired) electrons. The molecule has 0 spiro atoms. The Labute approximate surface area is 159 Å². The number of furan rings is 1.